The van der Waals surface area contributed by atoms with Crippen molar-refractivity contribution in [2.75, 3.05) is 36.0 Å². The minimum absolute atomic E-state index is 0.191. The van der Waals surface area contributed by atoms with Crippen LogP contribution in [0.1, 0.15) is 38.0 Å². The molecule has 6 heteroatoms. The van der Waals surface area contributed by atoms with E-state index >= 15 is 0 Å². The predicted octanol–water partition coefficient (Wildman–Crippen LogP) is 4.61. The van der Waals surface area contributed by atoms with Crippen molar-refractivity contribution in [3.8, 4) is 0 Å². The number of anilines is 2. The SMILES string of the molecule is CC1CC(C)CN(C2=C(c3cccs3)C(=O)N(c3ccc(N4CCCC4)cc3)C2=O)C1. The van der Waals surface area contributed by atoms with Gasteiger partial charge in [-0.2, -0.15) is 0 Å². The number of amides is 2. The number of imide groups is 1. The van der Waals surface area contributed by atoms with E-state index in [1.54, 1.807) is 0 Å². The maximum Gasteiger partial charge on any atom is 0.282 e. The second kappa shape index (κ2) is 8.15. The number of piperidine rings is 1. The van der Waals surface area contributed by atoms with Crippen molar-refractivity contribution in [3.63, 3.8) is 0 Å². The standard InChI is InChI=1S/C25H29N3O2S/c1-17-14-18(2)16-27(15-17)23-22(21-6-5-13-31-21)24(29)28(25(23)30)20-9-7-19(8-10-20)26-11-3-4-12-26/h5-10,13,17-18H,3-4,11-12,14-16H2,1-2H3. The first-order valence-corrected chi connectivity index (χ1v) is 12.2. The Bertz CT molecular complexity index is 996. The van der Waals surface area contributed by atoms with Gasteiger partial charge in [-0.3, -0.25) is 9.59 Å². The first-order chi connectivity index (χ1) is 15.0. The highest BCUT2D eigenvalue weighted by atomic mass is 32.1. The first-order valence-electron chi connectivity index (χ1n) is 11.3. The molecule has 4 heterocycles. The van der Waals surface area contributed by atoms with Gasteiger partial charge in [0.2, 0.25) is 0 Å². The topological polar surface area (TPSA) is 43.9 Å². The van der Waals surface area contributed by atoms with Gasteiger partial charge in [-0.05, 0) is 66.8 Å². The van der Waals surface area contributed by atoms with Crippen LogP contribution in [0.25, 0.3) is 5.57 Å². The summed E-state index contributed by atoms with van der Waals surface area (Å²) in [5.41, 5.74) is 2.95. The molecule has 2 atom stereocenters. The first kappa shape index (κ1) is 20.3. The Balaban J connectivity index is 1.50. The van der Waals surface area contributed by atoms with E-state index in [-0.39, 0.29) is 11.8 Å². The van der Waals surface area contributed by atoms with Gasteiger partial charge in [0.25, 0.3) is 11.8 Å². The molecule has 2 saturated heterocycles. The average molecular weight is 436 g/mol. The summed E-state index contributed by atoms with van der Waals surface area (Å²) < 4.78 is 0. The van der Waals surface area contributed by atoms with Crippen molar-refractivity contribution in [2.24, 2.45) is 11.8 Å². The third kappa shape index (κ3) is 3.67. The number of carbonyl (C=O) groups is 2. The molecular formula is C25H29N3O2S. The molecule has 5 rings (SSSR count). The van der Waals surface area contributed by atoms with Crippen LogP contribution in [0, 0.1) is 11.8 Å². The summed E-state index contributed by atoms with van der Waals surface area (Å²) in [6.07, 6.45) is 3.59. The van der Waals surface area contributed by atoms with Gasteiger partial charge in [-0.25, -0.2) is 4.90 Å². The summed E-state index contributed by atoms with van der Waals surface area (Å²) in [6.45, 7) is 8.22. The molecular weight excluding hydrogens is 406 g/mol. The zero-order valence-corrected chi connectivity index (χ0v) is 19.0. The molecule has 5 nitrogen and oxygen atoms in total. The molecule has 0 saturated carbocycles. The van der Waals surface area contributed by atoms with Crippen LogP contribution in [0.3, 0.4) is 0 Å². The van der Waals surface area contributed by atoms with E-state index in [0.717, 1.165) is 43.2 Å². The van der Waals surface area contributed by atoms with Crippen LogP contribution in [0.2, 0.25) is 0 Å². The minimum atomic E-state index is -0.206. The van der Waals surface area contributed by atoms with Gasteiger partial charge in [0.05, 0.1) is 11.3 Å². The fourth-order valence-corrected chi connectivity index (χ4v) is 6.09. The Morgan fingerprint density at radius 2 is 1.48 bits per heavy atom. The largest absolute Gasteiger partial charge is 0.372 e. The van der Waals surface area contributed by atoms with Crippen molar-refractivity contribution < 1.29 is 9.59 Å². The second-order valence-corrected chi connectivity index (χ2v) is 10.2. The summed E-state index contributed by atoms with van der Waals surface area (Å²) in [7, 11) is 0. The normalized spacial score (nSPS) is 24.6. The summed E-state index contributed by atoms with van der Waals surface area (Å²) in [6, 6.07) is 11.8. The lowest BCUT2D eigenvalue weighted by Gasteiger charge is -2.37. The molecule has 31 heavy (non-hydrogen) atoms. The number of thiophene rings is 1. The molecule has 1 aromatic heterocycles. The maximum atomic E-state index is 13.7. The lowest BCUT2D eigenvalue weighted by Crippen LogP contribution is -2.42. The zero-order valence-electron chi connectivity index (χ0n) is 18.2. The number of hydrogen-bond acceptors (Lipinski definition) is 5. The second-order valence-electron chi connectivity index (χ2n) is 9.21. The van der Waals surface area contributed by atoms with Crippen LogP contribution >= 0.6 is 11.3 Å². The van der Waals surface area contributed by atoms with Crippen LogP contribution in [0.4, 0.5) is 11.4 Å². The van der Waals surface area contributed by atoms with Gasteiger partial charge >= 0.3 is 0 Å². The number of hydrogen-bond donors (Lipinski definition) is 0. The van der Waals surface area contributed by atoms with Crippen LogP contribution in [0.5, 0.6) is 0 Å². The van der Waals surface area contributed by atoms with E-state index in [9.17, 15) is 9.59 Å². The number of benzene rings is 1. The Hall–Kier alpha value is -2.60. The zero-order chi connectivity index (χ0) is 21.5. The third-order valence-electron chi connectivity index (χ3n) is 6.59. The van der Waals surface area contributed by atoms with Gasteiger partial charge in [0, 0.05) is 36.7 Å². The van der Waals surface area contributed by atoms with Crippen LogP contribution in [-0.2, 0) is 9.59 Å². The Labute approximate surface area is 187 Å². The lowest BCUT2D eigenvalue weighted by molar-refractivity contribution is -0.120. The highest BCUT2D eigenvalue weighted by molar-refractivity contribution is 7.11. The lowest BCUT2D eigenvalue weighted by atomic mass is 9.91. The molecule has 0 aliphatic carbocycles. The highest BCUT2D eigenvalue weighted by Gasteiger charge is 2.44. The van der Waals surface area contributed by atoms with E-state index in [2.05, 4.69) is 23.6 Å². The quantitative estimate of drug-likeness (QED) is 0.658. The summed E-state index contributed by atoms with van der Waals surface area (Å²) in [4.78, 5) is 34.0. The van der Waals surface area contributed by atoms with Gasteiger partial charge < -0.3 is 9.80 Å². The monoisotopic (exact) mass is 435 g/mol. The van der Waals surface area contributed by atoms with Gasteiger partial charge in [0.15, 0.2) is 0 Å². The van der Waals surface area contributed by atoms with Crippen molar-refractivity contribution in [3.05, 3.63) is 52.4 Å². The molecule has 1 aromatic carbocycles. The average Bonchev–Trinajstić information content (AvgIpc) is 3.48. The number of rotatable bonds is 4. The van der Waals surface area contributed by atoms with Crippen LogP contribution < -0.4 is 9.80 Å². The third-order valence-corrected chi connectivity index (χ3v) is 7.48. The fraction of sp³-hybridized carbons (Fsp3) is 0.440. The summed E-state index contributed by atoms with van der Waals surface area (Å²) in [5, 5.41) is 1.96. The van der Waals surface area contributed by atoms with Crippen LogP contribution in [0.15, 0.2) is 47.5 Å². The Kier molecular flexibility index (Phi) is 5.34. The molecule has 0 spiro atoms. The summed E-state index contributed by atoms with van der Waals surface area (Å²) >= 11 is 1.52. The molecule has 2 fully saturated rings. The number of likely N-dealkylation sites (tertiary alicyclic amines) is 1. The van der Waals surface area contributed by atoms with Gasteiger partial charge in [-0.15, -0.1) is 11.3 Å². The molecule has 2 unspecified atom stereocenters. The van der Waals surface area contributed by atoms with E-state index in [4.69, 9.17) is 0 Å². The minimum Gasteiger partial charge on any atom is -0.372 e. The van der Waals surface area contributed by atoms with Crippen molar-refractivity contribution in [1.82, 2.24) is 4.90 Å². The number of nitrogens with zero attached hydrogens (tertiary/aromatic N) is 3. The highest BCUT2D eigenvalue weighted by Crippen LogP contribution is 2.39. The Morgan fingerprint density at radius 1 is 0.839 bits per heavy atom. The van der Waals surface area contributed by atoms with Crippen LogP contribution in [-0.4, -0.2) is 42.9 Å². The van der Waals surface area contributed by atoms with E-state index in [1.165, 1.54) is 29.1 Å². The van der Waals surface area contributed by atoms with Crippen molar-refractivity contribution in [1.29, 1.82) is 0 Å². The fourth-order valence-electron chi connectivity index (χ4n) is 5.32. The van der Waals surface area contributed by atoms with Crippen molar-refractivity contribution in [2.45, 2.75) is 33.1 Å². The molecule has 162 valence electrons. The molecule has 2 aromatic rings. The molecule has 2 amide bonds. The molecule has 3 aliphatic rings. The van der Waals surface area contributed by atoms with E-state index in [1.807, 2.05) is 41.8 Å². The van der Waals surface area contributed by atoms with Gasteiger partial charge in [0.1, 0.15) is 5.70 Å². The van der Waals surface area contributed by atoms with Crippen molar-refractivity contribution >= 4 is 40.1 Å². The molecule has 0 radical (unpaired) electrons. The maximum absolute atomic E-state index is 13.7. The predicted molar refractivity (Wildman–Crippen MR) is 126 cm³/mol. The molecule has 3 aliphatic heterocycles. The molecule has 0 bridgehead atoms. The van der Waals surface area contributed by atoms with E-state index in [0.29, 0.717) is 28.8 Å². The van der Waals surface area contributed by atoms with Gasteiger partial charge in [-0.1, -0.05) is 19.9 Å². The smallest absolute Gasteiger partial charge is 0.282 e. The number of carbonyl (C=O) groups excluding carboxylic acids is 2. The molecule has 0 N–H and O–H groups in total. The van der Waals surface area contributed by atoms with E-state index < -0.39 is 0 Å². The summed E-state index contributed by atoms with van der Waals surface area (Å²) in [5.74, 6) is 0.598. The Morgan fingerprint density at radius 3 is 2.10 bits per heavy atom.